The third-order valence-corrected chi connectivity index (χ3v) is 0.327. The van der Waals surface area contributed by atoms with Crippen LogP contribution in [0.2, 0.25) is 0 Å². The van der Waals surface area contributed by atoms with Crippen LogP contribution in [-0.4, -0.2) is 11.3 Å². The molecule has 9 heavy (non-hydrogen) atoms. The molecule has 0 aliphatic heterocycles. The first kappa shape index (κ1) is 11.2. The third kappa shape index (κ3) is 7.33. The summed E-state index contributed by atoms with van der Waals surface area (Å²) in [5.74, 6) is -1.76. The first-order chi connectivity index (χ1) is 3.94. The van der Waals surface area contributed by atoms with Crippen molar-refractivity contribution in [2.24, 2.45) is 0 Å². The Morgan fingerprint density at radius 3 is 1.44 bits per heavy atom. The fraction of sp³-hybridized carbons (Fsp3) is 0.600. The van der Waals surface area contributed by atoms with Crippen molar-refractivity contribution >= 4 is 0 Å². The predicted molar refractivity (Wildman–Crippen MR) is 29.2 cm³/mol. The second kappa shape index (κ2) is 4.23. The fourth-order valence-corrected chi connectivity index (χ4v) is 0. The summed E-state index contributed by atoms with van der Waals surface area (Å²) in [5.41, 5.74) is 0. The van der Waals surface area contributed by atoms with E-state index in [1.165, 1.54) is 0 Å². The zero-order valence-corrected chi connectivity index (χ0v) is 5.29. The monoisotopic (exact) mass is 142 g/mol. The number of aliphatic hydroxyl groups is 1. The lowest BCUT2D eigenvalue weighted by Gasteiger charge is -1.99. The molecule has 0 aliphatic rings. The zero-order valence-electron chi connectivity index (χ0n) is 5.29. The molecule has 0 saturated heterocycles. The number of rotatable bonds is 0. The van der Waals surface area contributed by atoms with Crippen LogP contribution in [0.4, 0.5) is 13.2 Å². The van der Waals surface area contributed by atoms with Crippen molar-refractivity contribution < 1.29 is 18.3 Å². The van der Waals surface area contributed by atoms with Crippen LogP contribution in [0.5, 0.6) is 0 Å². The first-order valence-electron chi connectivity index (χ1n) is 2.39. The smallest absolute Gasteiger partial charge is 0.448 e. The van der Waals surface area contributed by atoms with Crippen molar-refractivity contribution in [1.82, 2.24) is 0 Å². The van der Waals surface area contributed by atoms with Gasteiger partial charge in [-0.3, -0.25) is 0 Å². The van der Waals surface area contributed by atoms with Gasteiger partial charge in [-0.2, -0.15) is 13.2 Å². The topological polar surface area (TPSA) is 20.2 Å². The van der Waals surface area contributed by atoms with E-state index in [0.717, 1.165) is 0 Å². The number of halogens is 3. The van der Waals surface area contributed by atoms with E-state index in [0.29, 0.717) is 0 Å². The van der Waals surface area contributed by atoms with Gasteiger partial charge in [0.2, 0.25) is 0 Å². The minimum absolute atomic E-state index is 1.76. The van der Waals surface area contributed by atoms with Gasteiger partial charge in [-0.1, -0.05) is 20.4 Å². The average molecular weight is 142 g/mol. The summed E-state index contributed by atoms with van der Waals surface area (Å²) in [4.78, 5) is 0. The number of allylic oxidation sites excluding steroid dienone is 1. The van der Waals surface area contributed by atoms with Gasteiger partial charge in [0.15, 0.2) is 5.76 Å². The van der Waals surface area contributed by atoms with Crippen LogP contribution in [0.3, 0.4) is 0 Å². The molecular formula is C5H9F3O. The Balaban J connectivity index is 0. The molecule has 4 heteroatoms. The maximum atomic E-state index is 10.8. The highest BCUT2D eigenvalue weighted by molar-refractivity contribution is 4.87. The number of hydrogen-bond acceptors (Lipinski definition) is 1. The second-order valence-electron chi connectivity index (χ2n) is 0.944. The largest absolute Gasteiger partial charge is 0.505 e. The molecule has 0 unspecified atom stereocenters. The summed E-state index contributed by atoms with van der Waals surface area (Å²) in [6, 6.07) is 0. The van der Waals surface area contributed by atoms with E-state index in [4.69, 9.17) is 5.11 Å². The highest BCUT2D eigenvalue weighted by Crippen LogP contribution is 2.20. The van der Waals surface area contributed by atoms with Gasteiger partial charge in [0.05, 0.1) is 0 Å². The third-order valence-electron chi connectivity index (χ3n) is 0.327. The molecule has 0 aromatic heterocycles. The van der Waals surface area contributed by atoms with Crippen LogP contribution < -0.4 is 0 Å². The summed E-state index contributed by atoms with van der Waals surface area (Å²) < 4.78 is 32.5. The van der Waals surface area contributed by atoms with Crippen molar-refractivity contribution in [2.45, 2.75) is 20.0 Å². The van der Waals surface area contributed by atoms with Crippen molar-refractivity contribution in [1.29, 1.82) is 0 Å². The molecule has 0 saturated carbocycles. The second-order valence-corrected chi connectivity index (χ2v) is 0.944. The molecule has 0 fully saturated rings. The number of hydrogen-bond donors (Lipinski definition) is 1. The van der Waals surface area contributed by atoms with Gasteiger partial charge in [0.25, 0.3) is 0 Å². The molecule has 0 aromatic rings. The minimum Gasteiger partial charge on any atom is -0.505 e. The molecular weight excluding hydrogens is 133 g/mol. The quantitative estimate of drug-likeness (QED) is 0.515. The summed E-state index contributed by atoms with van der Waals surface area (Å²) in [7, 11) is 0. The maximum absolute atomic E-state index is 10.8. The molecule has 56 valence electrons. The number of alkyl halides is 3. The van der Waals surface area contributed by atoms with E-state index in [2.05, 4.69) is 6.58 Å². The lowest BCUT2D eigenvalue weighted by atomic mass is 10.6. The van der Waals surface area contributed by atoms with Crippen molar-refractivity contribution in [2.75, 3.05) is 0 Å². The molecule has 0 aromatic carbocycles. The van der Waals surface area contributed by atoms with E-state index in [1.807, 2.05) is 13.8 Å². The van der Waals surface area contributed by atoms with Crippen molar-refractivity contribution in [3.63, 3.8) is 0 Å². The Kier molecular flexibility index (Phi) is 5.25. The fourth-order valence-electron chi connectivity index (χ4n) is 0. The SMILES string of the molecule is C=C(O)C(F)(F)F.CC. The minimum atomic E-state index is -4.64. The van der Waals surface area contributed by atoms with E-state index >= 15 is 0 Å². The summed E-state index contributed by atoms with van der Waals surface area (Å²) in [6.07, 6.45) is -4.64. The van der Waals surface area contributed by atoms with Gasteiger partial charge in [-0.15, -0.1) is 0 Å². The van der Waals surface area contributed by atoms with Crippen LogP contribution in [0, 0.1) is 0 Å². The number of aliphatic hydroxyl groups excluding tert-OH is 1. The molecule has 0 radical (unpaired) electrons. The zero-order chi connectivity index (χ0) is 8.08. The summed E-state index contributed by atoms with van der Waals surface area (Å²) in [5, 5.41) is 7.57. The Labute approximate surface area is 51.8 Å². The normalized spacial score (nSPS) is 9.44. The predicted octanol–water partition coefficient (Wildman–Crippen LogP) is 2.65. The Hall–Kier alpha value is -0.670. The molecule has 0 bridgehead atoms. The molecule has 1 N–H and O–H groups in total. The van der Waals surface area contributed by atoms with Crippen molar-refractivity contribution in [3.05, 3.63) is 12.3 Å². The van der Waals surface area contributed by atoms with Gasteiger partial charge in [-0.05, 0) is 0 Å². The molecule has 0 heterocycles. The molecule has 0 atom stereocenters. The van der Waals surface area contributed by atoms with Crippen LogP contribution in [0.15, 0.2) is 12.3 Å². The van der Waals surface area contributed by atoms with Gasteiger partial charge < -0.3 is 5.11 Å². The van der Waals surface area contributed by atoms with Gasteiger partial charge in [0, 0.05) is 0 Å². The lowest BCUT2D eigenvalue weighted by Crippen LogP contribution is -2.09. The van der Waals surface area contributed by atoms with Crippen LogP contribution in [-0.2, 0) is 0 Å². The van der Waals surface area contributed by atoms with Crippen LogP contribution in [0.1, 0.15) is 13.8 Å². The lowest BCUT2D eigenvalue weighted by molar-refractivity contribution is -0.119. The van der Waals surface area contributed by atoms with E-state index < -0.39 is 11.9 Å². The van der Waals surface area contributed by atoms with Crippen LogP contribution in [0.25, 0.3) is 0 Å². The average Bonchev–Trinajstić information content (AvgIpc) is 1.69. The maximum Gasteiger partial charge on any atom is 0.448 e. The standard InChI is InChI=1S/C3H3F3O.C2H6/c1-2(7)3(4,5)6;1-2/h7H,1H2;1-2H3. The Morgan fingerprint density at radius 1 is 1.33 bits per heavy atom. The molecule has 0 amide bonds. The van der Waals surface area contributed by atoms with Crippen LogP contribution >= 0.6 is 0 Å². The summed E-state index contributed by atoms with van der Waals surface area (Å²) in [6.45, 7) is 6.26. The molecule has 0 rings (SSSR count). The molecule has 0 spiro atoms. The van der Waals surface area contributed by atoms with E-state index in [1.54, 1.807) is 0 Å². The van der Waals surface area contributed by atoms with Gasteiger partial charge in [-0.25, -0.2) is 0 Å². The molecule has 0 aliphatic carbocycles. The summed E-state index contributed by atoms with van der Waals surface area (Å²) >= 11 is 0. The molecule has 1 nitrogen and oxygen atoms in total. The Bertz CT molecular complexity index is 84.7. The Morgan fingerprint density at radius 2 is 1.44 bits per heavy atom. The highest BCUT2D eigenvalue weighted by atomic mass is 19.4. The van der Waals surface area contributed by atoms with E-state index in [-0.39, 0.29) is 0 Å². The van der Waals surface area contributed by atoms with Gasteiger partial charge in [0.1, 0.15) is 0 Å². The first-order valence-corrected chi connectivity index (χ1v) is 2.39. The highest BCUT2D eigenvalue weighted by Gasteiger charge is 2.31. The van der Waals surface area contributed by atoms with E-state index in [9.17, 15) is 13.2 Å². The van der Waals surface area contributed by atoms with Crippen molar-refractivity contribution in [3.8, 4) is 0 Å². The van der Waals surface area contributed by atoms with Gasteiger partial charge >= 0.3 is 6.18 Å².